The summed E-state index contributed by atoms with van der Waals surface area (Å²) in [6.45, 7) is 3.93. The van der Waals surface area contributed by atoms with Crippen LogP contribution in [-0.2, 0) is 16.4 Å². The summed E-state index contributed by atoms with van der Waals surface area (Å²) in [4.78, 5) is 4.14. The van der Waals surface area contributed by atoms with Gasteiger partial charge in [-0.2, -0.15) is 0 Å². The highest BCUT2D eigenvalue weighted by Gasteiger charge is 2.27. The summed E-state index contributed by atoms with van der Waals surface area (Å²) in [5, 5.41) is 0.778. The third-order valence-corrected chi connectivity index (χ3v) is 5.12. The molecule has 0 fully saturated rings. The first-order chi connectivity index (χ1) is 8.91. The van der Waals surface area contributed by atoms with E-state index in [1.165, 1.54) is 0 Å². The Morgan fingerprint density at radius 1 is 1.42 bits per heavy atom. The molecule has 1 aromatic rings. The smallest absolute Gasteiger partial charge is 0.212 e. The first-order valence-corrected chi connectivity index (χ1v) is 9.16. The van der Waals surface area contributed by atoms with Gasteiger partial charge in [-0.05, 0) is 31.9 Å². The third kappa shape index (κ3) is 6.01. The molecule has 0 radical (unpaired) electrons. The van der Waals surface area contributed by atoms with E-state index in [2.05, 4.69) is 25.6 Å². The van der Waals surface area contributed by atoms with Gasteiger partial charge in [-0.15, -0.1) is 0 Å². The molecule has 0 aliphatic carbocycles. The second kappa shape index (κ2) is 7.36. The molecule has 0 saturated carbocycles. The molecule has 6 heteroatoms. The number of nitrogens with zero attached hydrogens (tertiary/aromatic N) is 1. The van der Waals surface area contributed by atoms with Crippen molar-refractivity contribution >= 4 is 26.0 Å². The Morgan fingerprint density at radius 3 is 2.68 bits per heavy atom. The van der Waals surface area contributed by atoms with Crippen LogP contribution in [0.1, 0.15) is 32.4 Å². The zero-order chi connectivity index (χ0) is 14.4. The Kier molecular flexibility index (Phi) is 6.42. The van der Waals surface area contributed by atoms with E-state index in [4.69, 9.17) is 0 Å². The molecule has 1 aromatic heterocycles. The lowest BCUT2D eigenvalue weighted by Crippen LogP contribution is -2.46. The van der Waals surface area contributed by atoms with Crippen LogP contribution in [0.2, 0.25) is 0 Å². The molecule has 0 spiro atoms. The largest absolute Gasteiger partial charge is 0.261 e. The van der Waals surface area contributed by atoms with Crippen LogP contribution in [0.15, 0.2) is 24.4 Å². The Morgan fingerprint density at radius 2 is 2.16 bits per heavy atom. The monoisotopic (exact) mass is 348 g/mol. The van der Waals surface area contributed by atoms with Gasteiger partial charge in [0.1, 0.15) is 0 Å². The van der Waals surface area contributed by atoms with Gasteiger partial charge in [0.25, 0.3) is 0 Å². The van der Waals surface area contributed by atoms with Crippen LogP contribution in [-0.4, -0.2) is 30.0 Å². The van der Waals surface area contributed by atoms with Gasteiger partial charge in [0.15, 0.2) is 0 Å². The predicted octanol–water partition coefficient (Wildman–Crippen LogP) is 2.50. The molecule has 108 valence electrons. The lowest BCUT2D eigenvalue weighted by molar-refractivity contribution is 0.392. The third-order valence-electron chi connectivity index (χ3n) is 3.18. The second-order valence-electron chi connectivity index (χ2n) is 4.85. The molecule has 0 bridgehead atoms. The summed E-state index contributed by atoms with van der Waals surface area (Å²) >= 11 is 3.36. The van der Waals surface area contributed by atoms with Crippen LogP contribution in [0.25, 0.3) is 0 Å². The van der Waals surface area contributed by atoms with E-state index in [9.17, 15) is 8.42 Å². The summed E-state index contributed by atoms with van der Waals surface area (Å²) < 4.78 is 27.0. The van der Waals surface area contributed by atoms with E-state index in [1.54, 1.807) is 6.20 Å². The number of rotatable bonds is 8. The first-order valence-electron chi connectivity index (χ1n) is 6.38. The van der Waals surface area contributed by atoms with E-state index >= 15 is 0 Å². The average molecular weight is 349 g/mol. The molecule has 1 unspecified atom stereocenters. The molecule has 0 amide bonds. The average Bonchev–Trinajstić information content (AvgIpc) is 2.37. The highest BCUT2D eigenvalue weighted by Crippen LogP contribution is 2.17. The predicted molar refractivity (Wildman–Crippen MR) is 82.0 cm³/mol. The van der Waals surface area contributed by atoms with Gasteiger partial charge in [0, 0.05) is 29.2 Å². The Hall–Kier alpha value is -0.460. The van der Waals surface area contributed by atoms with Crippen molar-refractivity contribution in [3.63, 3.8) is 0 Å². The van der Waals surface area contributed by atoms with E-state index < -0.39 is 10.0 Å². The van der Waals surface area contributed by atoms with Gasteiger partial charge in [0.2, 0.25) is 10.0 Å². The van der Waals surface area contributed by atoms with Gasteiger partial charge >= 0.3 is 0 Å². The number of aryl methyl sites for hydroxylation is 1. The van der Waals surface area contributed by atoms with Crippen LogP contribution < -0.4 is 4.72 Å². The standard InChI is InChI=1S/C13H21BrN2O2S/c1-3-13(2,8-9-14)16-19(17,18)11-7-12-6-4-5-10-15-12/h4-6,10,16H,3,7-9,11H2,1-2H3. The maximum atomic E-state index is 12.1. The molecule has 0 aliphatic heterocycles. The Bertz CT molecular complexity index is 479. The van der Waals surface area contributed by atoms with Crippen molar-refractivity contribution in [1.82, 2.24) is 9.71 Å². The SMILES string of the molecule is CCC(C)(CCBr)NS(=O)(=O)CCc1ccccn1. The summed E-state index contributed by atoms with van der Waals surface area (Å²) in [6.07, 6.45) is 3.65. The molecular weight excluding hydrogens is 328 g/mol. The summed E-state index contributed by atoms with van der Waals surface area (Å²) in [5.74, 6) is 0.0713. The van der Waals surface area contributed by atoms with Crippen LogP contribution in [0.3, 0.4) is 0 Å². The fourth-order valence-corrected chi connectivity index (χ4v) is 4.17. The summed E-state index contributed by atoms with van der Waals surface area (Å²) in [6, 6.07) is 5.52. The van der Waals surface area contributed by atoms with Gasteiger partial charge < -0.3 is 0 Å². The van der Waals surface area contributed by atoms with Crippen molar-refractivity contribution in [2.45, 2.75) is 38.6 Å². The normalized spacial score (nSPS) is 15.1. The fraction of sp³-hybridized carbons (Fsp3) is 0.615. The maximum absolute atomic E-state index is 12.1. The maximum Gasteiger partial charge on any atom is 0.212 e. The molecule has 0 saturated heterocycles. The number of halogens is 1. The highest BCUT2D eigenvalue weighted by atomic mass is 79.9. The van der Waals surface area contributed by atoms with Crippen LogP contribution in [0.5, 0.6) is 0 Å². The molecule has 1 atom stereocenters. The zero-order valence-corrected chi connectivity index (χ0v) is 13.8. The fourth-order valence-electron chi connectivity index (χ4n) is 1.72. The lowest BCUT2D eigenvalue weighted by atomic mass is 9.98. The van der Waals surface area contributed by atoms with Gasteiger partial charge in [-0.3, -0.25) is 4.98 Å². The number of pyridine rings is 1. The van der Waals surface area contributed by atoms with Crippen molar-refractivity contribution in [1.29, 1.82) is 0 Å². The lowest BCUT2D eigenvalue weighted by Gasteiger charge is -2.28. The number of alkyl halides is 1. The van der Waals surface area contributed by atoms with Crippen molar-refractivity contribution in [2.75, 3.05) is 11.1 Å². The number of sulfonamides is 1. The molecule has 0 aliphatic rings. The molecular formula is C13H21BrN2O2S. The molecule has 1 rings (SSSR count). The summed E-state index contributed by atoms with van der Waals surface area (Å²) in [5.41, 5.74) is 0.415. The Balaban J connectivity index is 2.61. The van der Waals surface area contributed by atoms with Gasteiger partial charge in [-0.1, -0.05) is 28.9 Å². The minimum absolute atomic E-state index is 0.0713. The van der Waals surface area contributed by atoms with Crippen LogP contribution in [0, 0.1) is 0 Å². The minimum Gasteiger partial charge on any atom is -0.261 e. The van der Waals surface area contributed by atoms with Crippen molar-refractivity contribution in [2.24, 2.45) is 0 Å². The molecule has 0 aromatic carbocycles. The van der Waals surface area contributed by atoms with Crippen LogP contribution in [0.4, 0.5) is 0 Å². The molecule has 1 heterocycles. The number of nitrogens with one attached hydrogen (secondary N) is 1. The first kappa shape index (κ1) is 16.6. The van der Waals surface area contributed by atoms with Crippen LogP contribution >= 0.6 is 15.9 Å². The van der Waals surface area contributed by atoms with E-state index in [0.717, 1.165) is 23.9 Å². The van der Waals surface area contributed by atoms with E-state index in [1.807, 2.05) is 32.0 Å². The number of aromatic nitrogens is 1. The topological polar surface area (TPSA) is 59.1 Å². The molecule has 1 N–H and O–H groups in total. The van der Waals surface area contributed by atoms with Crippen molar-refractivity contribution in [3.05, 3.63) is 30.1 Å². The highest BCUT2D eigenvalue weighted by molar-refractivity contribution is 9.09. The van der Waals surface area contributed by atoms with E-state index in [0.29, 0.717) is 6.42 Å². The van der Waals surface area contributed by atoms with Gasteiger partial charge in [-0.25, -0.2) is 13.1 Å². The minimum atomic E-state index is -3.28. The quantitative estimate of drug-likeness (QED) is 0.734. The Labute approximate surface area is 124 Å². The molecule has 19 heavy (non-hydrogen) atoms. The van der Waals surface area contributed by atoms with Gasteiger partial charge in [0.05, 0.1) is 5.75 Å². The summed E-state index contributed by atoms with van der Waals surface area (Å²) in [7, 11) is -3.28. The molecule has 4 nitrogen and oxygen atoms in total. The van der Waals surface area contributed by atoms with E-state index in [-0.39, 0.29) is 11.3 Å². The van der Waals surface area contributed by atoms with Crippen molar-refractivity contribution < 1.29 is 8.42 Å². The van der Waals surface area contributed by atoms with Crippen molar-refractivity contribution in [3.8, 4) is 0 Å². The number of hydrogen-bond donors (Lipinski definition) is 1. The number of hydrogen-bond acceptors (Lipinski definition) is 3. The zero-order valence-electron chi connectivity index (χ0n) is 11.4. The second-order valence-corrected chi connectivity index (χ2v) is 7.48.